The van der Waals surface area contributed by atoms with E-state index >= 15 is 0 Å². The van der Waals surface area contributed by atoms with Crippen LogP contribution in [0.5, 0.6) is 0 Å². The zero-order valence-electron chi connectivity index (χ0n) is 21.0. The van der Waals surface area contributed by atoms with Crippen LogP contribution in [-0.4, -0.2) is 11.7 Å². The molecular formula is C33H27ClN2O2. The second-order valence-corrected chi connectivity index (χ2v) is 10.4. The lowest BCUT2D eigenvalue weighted by Crippen LogP contribution is -2.42. The fourth-order valence-corrected chi connectivity index (χ4v) is 5.82. The van der Waals surface area contributed by atoms with Gasteiger partial charge in [0.1, 0.15) is 5.78 Å². The number of carbonyl (C=O) groups is 2. The van der Waals surface area contributed by atoms with Gasteiger partial charge in [-0.05, 0) is 54.4 Å². The third-order valence-electron chi connectivity index (χ3n) is 7.46. The predicted molar refractivity (Wildman–Crippen MR) is 153 cm³/mol. The molecule has 0 radical (unpaired) electrons. The van der Waals surface area contributed by atoms with E-state index in [-0.39, 0.29) is 17.6 Å². The molecule has 1 amide bonds. The van der Waals surface area contributed by atoms with Crippen molar-refractivity contribution in [3.63, 3.8) is 0 Å². The Morgan fingerprint density at radius 3 is 2.37 bits per heavy atom. The van der Waals surface area contributed by atoms with Crippen molar-refractivity contribution < 1.29 is 9.59 Å². The molecule has 3 atom stereocenters. The van der Waals surface area contributed by atoms with Crippen LogP contribution >= 0.6 is 11.6 Å². The molecule has 0 fully saturated rings. The molecule has 38 heavy (non-hydrogen) atoms. The minimum atomic E-state index is -0.548. The Hall–Kier alpha value is -4.15. The first kappa shape index (κ1) is 24.2. The van der Waals surface area contributed by atoms with E-state index in [1.807, 2.05) is 115 Å². The summed E-state index contributed by atoms with van der Waals surface area (Å²) in [5.74, 6) is -0.712. The highest BCUT2D eigenvalue weighted by Gasteiger charge is 2.45. The van der Waals surface area contributed by atoms with Gasteiger partial charge in [-0.2, -0.15) is 0 Å². The highest BCUT2D eigenvalue weighted by Crippen LogP contribution is 2.48. The monoisotopic (exact) mass is 518 g/mol. The number of nitrogens with zero attached hydrogens (tertiary/aromatic N) is 1. The Morgan fingerprint density at radius 1 is 0.868 bits per heavy atom. The number of rotatable bonds is 3. The Morgan fingerprint density at radius 2 is 1.61 bits per heavy atom. The van der Waals surface area contributed by atoms with Crippen LogP contribution in [-0.2, 0) is 4.79 Å². The molecule has 0 bridgehead atoms. The molecule has 1 heterocycles. The summed E-state index contributed by atoms with van der Waals surface area (Å²) in [5.41, 5.74) is 5.97. The minimum Gasteiger partial charge on any atom is -0.357 e. The maximum absolute atomic E-state index is 14.2. The summed E-state index contributed by atoms with van der Waals surface area (Å²) < 4.78 is 0. The van der Waals surface area contributed by atoms with E-state index < -0.39 is 12.0 Å². The van der Waals surface area contributed by atoms with Crippen molar-refractivity contribution in [1.29, 1.82) is 0 Å². The number of amides is 1. The molecule has 188 valence electrons. The summed E-state index contributed by atoms with van der Waals surface area (Å²) in [6, 6.07) is 32.4. The third kappa shape index (κ3) is 4.42. The number of allylic oxidation sites excluding steroid dienone is 1. The van der Waals surface area contributed by atoms with Crippen molar-refractivity contribution in [2.45, 2.75) is 25.3 Å². The maximum Gasteiger partial charge on any atom is 0.258 e. The van der Waals surface area contributed by atoms with E-state index in [4.69, 9.17) is 11.6 Å². The van der Waals surface area contributed by atoms with E-state index in [2.05, 4.69) is 11.4 Å². The number of hydrogen-bond donors (Lipinski definition) is 1. The molecule has 0 saturated carbocycles. The Balaban J connectivity index is 1.56. The first-order valence-electron chi connectivity index (χ1n) is 12.8. The number of fused-ring (bicyclic) bond motifs is 2. The Kier molecular flexibility index (Phi) is 6.34. The normalized spacial score (nSPS) is 20.5. The molecule has 6 rings (SSSR count). The Bertz CT molecular complexity index is 1550. The number of aryl methyl sites for hydroxylation is 1. The van der Waals surface area contributed by atoms with E-state index in [1.165, 1.54) is 0 Å². The molecule has 4 nitrogen and oxygen atoms in total. The van der Waals surface area contributed by atoms with Gasteiger partial charge in [-0.1, -0.05) is 90.0 Å². The van der Waals surface area contributed by atoms with E-state index in [0.717, 1.165) is 33.8 Å². The summed E-state index contributed by atoms with van der Waals surface area (Å²) in [4.78, 5) is 30.1. The van der Waals surface area contributed by atoms with Crippen molar-refractivity contribution in [2.75, 3.05) is 10.2 Å². The SMILES string of the molecule is Cc1ccc([C@@H]2[C@@H]3C(=O)C[C@@H](c4cccc(Cl)c4)C=C3Nc3ccccc3N2C(=O)c2ccccc2)cc1. The van der Waals surface area contributed by atoms with Gasteiger partial charge in [0, 0.05) is 28.6 Å². The minimum absolute atomic E-state index is 0.0872. The second-order valence-electron chi connectivity index (χ2n) is 9.97. The van der Waals surface area contributed by atoms with Crippen molar-refractivity contribution in [1.82, 2.24) is 0 Å². The molecule has 0 spiro atoms. The lowest BCUT2D eigenvalue weighted by Gasteiger charge is -2.37. The molecule has 0 aromatic heterocycles. The number of nitrogens with one attached hydrogen (secondary N) is 1. The summed E-state index contributed by atoms with van der Waals surface area (Å²) in [7, 11) is 0. The lowest BCUT2D eigenvalue weighted by atomic mass is 9.76. The molecule has 5 heteroatoms. The summed E-state index contributed by atoms with van der Waals surface area (Å²) >= 11 is 6.29. The van der Waals surface area contributed by atoms with Gasteiger partial charge in [0.05, 0.1) is 23.3 Å². The van der Waals surface area contributed by atoms with Crippen LogP contribution in [0.1, 0.15) is 45.4 Å². The summed E-state index contributed by atoms with van der Waals surface area (Å²) in [6.45, 7) is 2.04. The van der Waals surface area contributed by atoms with Gasteiger partial charge >= 0.3 is 0 Å². The number of benzene rings is 4. The zero-order chi connectivity index (χ0) is 26.2. The predicted octanol–water partition coefficient (Wildman–Crippen LogP) is 7.72. The number of hydrogen-bond acceptors (Lipinski definition) is 3. The van der Waals surface area contributed by atoms with Crippen molar-refractivity contribution >= 4 is 34.7 Å². The van der Waals surface area contributed by atoms with Gasteiger partial charge in [-0.15, -0.1) is 0 Å². The van der Waals surface area contributed by atoms with Gasteiger partial charge < -0.3 is 5.32 Å². The molecule has 1 aliphatic carbocycles. The fourth-order valence-electron chi connectivity index (χ4n) is 5.62. The third-order valence-corrected chi connectivity index (χ3v) is 7.69. The van der Waals surface area contributed by atoms with Crippen LogP contribution in [0, 0.1) is 12.8 Å². The maximum atomic E-state index is 14.2. The molecule has 4 aromatic rings. The number of para-hydroxylation sites is 2. The second kappa shape index (κ2) is 9.96. The van der Waals surface area contributed by atoms with Gasteiger partial charge in [0.15, 0.2) is 0 Å². The number of ketones is 1. The lowest BCUT2D eigenvalue weighted by molar-refractivity contribution is -0.123. The largest absolute Gasteiger partial charge is 0.357 e. The first-order valence-corrected chi connectivity index (χ1v) is 13.2. The molecule has 2 aliphatic rings. The van der Waals surface area contributed by atoms with Crippen LogP contribution in [0.15, 0.2) is 115 Å². The molecular weight excluding hydrogens is 492 g/mol. The number of halogens is 1. The molecule has 4 aromatic carbocycles. The van der Waals surface area contributed by atoms with Crippen molar-refractivity contribution in [2.24, 2.45) is 5.92 Å². The summed E-state index contributed by atoms with van der Waals surface area (Å²) in [5, 5.41) is 4.21. The smallest absolute Gasteiger partial charge is 0.258 e. The zero-order valence-corrected chi connectivity index (χ0v) is 21.7. The summed E-state index contributed by atoms with van der Waals surface area (Å²) in [6.07, 6.45) is 2.48. The van der Waals surface area contributed by atoms with Gasteiger partial charge in [-0.25, -0.2) is 0 Å². The topological polar surface area (TPSA) is 49.4 Å². The van der Waals surface area contributed by atoms with Crippen LogP contribution < -0.4 is 10.2 Å². The molecule has 1 N–H and O–H groups in total. The molecule has 1 aliphatic heterocycles. The number of Topliss-reactive ketones (excluding diaryl/α,β-unsaturated/α-hetero) is 1. The van der Waals surface area contributed by atoms with Gasteiger partial charge in [-0.3, -0.25) is 14.5 Å². The van der Waals surface area contributed by atoms with E-state index in [9.17, 15) is 9.59 Å². The average Bonchev–Trinajstić information content (AvgIpc) is 3.08. The highest BCUT2D eigenvalue weighted by atomic mass is 35.5. The average molecular weight is 519 g/mol. The molecule has 0 unspecified atom stereocenters. The van der Waals surface area contributed by atoms with Crippen LogP contribution in [0.2, 0.25) is 5.02 Å². The number of carbonyl (C=O) groups excluding carboxylic acids is 2. The van der Waals surface area contributed by atoms with Gasteiger partial charge in [0.2, 0.25) is 0 Å². The quantitative estimate of drug-likeness (QED) is 0.302. The van der Waals surface area contributed by atoms with Crippen LogP contribution in [0.25, 0.3) is 0 Å². The van der Waals surface area contributed by atoms with Gasteiger partial charge in [0.25, 0.3) is 5.91 Å². The van der Waals surface area contributed by atoms with E-state index in [0.29, 0.717) is 17.0 Å². The van der Waals surface area contributed by atoms with Crippen molar-refractivity contribution in [3.8, 4) is 0 Å². The first-order chi connectivity index (χ1) is 18.5. The Labute approximate surface area is 227 Å². The van der Waals surface area contributed by atoms with Crippen LogP contribution in [0.3, 0.4) is 0 Å². The van der Waals surface area contributed by atoms with Crippen LogP contribution in [0.4, 0.5) is 11.4 Å². The highest BCUT2D eigenvalue weighted by molar-refractivity contribution is 6.30. The number of anilines is 2. The fraction of sp³-hybridized carbons (Fsp3) is 0.152. The van der Waals surface area contributed by atoms with Crippen molar-refractivity contribution in [3.05, 3.63) is 142 Å². The molecule has 0 saturated heterocycles. The standard InChI is InChI=1S/C33H27ClN2O2/c1-21-14-16-22(17-15-21)32-31-28(19-25(20-30(31)37)24-10-7-11-26(34)18-24)35-27-12-5-6-13-29(27)36(32)33(38)23-8-3-2-4-9-23/h2-19,25,31-32,35H,20H2,1H3/t25-,31-,32+/m0/s1. The van der Waals surface area contributed by atoms with E-state index in [1.54, 1.807) is 0 Å².